The Hall–Kier alpha value is -1.26. The molecule has 3 N–H and O–H groups in total. The number of nitrogens with two attached hydrogens (primary N) is 1. The van der Waals surface area contributed by atoms with Crippen molar-refractivity contribution in [2.24, 2.45) is 28.6 Å². The monoisotopic (exact) mass is 239 g/mol. The number of likely N-dealkylation sites (N-methyl/N-ethyl adjacent to an activating group) is 1. The van der Waals surface area contributed by atoms with Gasteiger partial charge >= 0.3 is 0 Å². The Kier molecular flexibility index (Phi) is 3.54. The molecule has 0 aromatic heterocycles. The molecule has 2 saturated carbocycles. The summed E-state index contributed by atoms with van der Waals surface area (Å²) in [5.74, 6) is 1.72. The van der Waals surface area contributed by atoms with Crippen LogP contribution >= 0.6 is 0 Å². The molecule has 2 fully saturated rings. The number of carbonyl (C=O) groups excluding carboxylic acids is 1. The van der Waals surface area contributed by atoms with Gasteiger partial charge in [-0.2, -0.15) is 0 Å². The molecule has 17 heavy (non-hydrogen) atoms. The van der Waals surface area contributed by atoms with Gasteiger partial charge in [0.1, 0.15) is 0 Å². The van der Waals surface area contributed by atoms with Crippen molar-refractivity contribution >= 4 is 11.7 Å². The summed E-state index contributed by atoms with van der Waals surface area (Å²) < 4.78 is 0. The van der Waals surface area contributed by atoms with Crippen LogP contribution in [0.3, 0.4) is 0 Å². The van der Waals surface area contributed by atoms with E-state index in [4.69, 9.17) is 10.9 Å². The Morgan fingerprint density at radius 3 is 2.47 bits per heavy atom. The molecule has 2 rings (SSSR count). The Bertz CT molecular complexity index is 318. The van der Waals surface area contributed by atoms with Gasteiger partial charge < -0.3 is 15.8 Å². The summed E-state index contributed by atoms with van der Waals surface area (Å²) >= 11 is 0. The fourth-order valence-corrected chi connectivity index (χ4v) is 3.14. The molecular formula is C12H21N3O2. The summed E-state index contributed by atoms with van der Waals surface area (Å²) in [6.07, 6.45) is 4.92. The second kappa shape index (κ2) is 4.94. The van der Waals surface area contributed by atoms with Gasteiger partial charge in [0.05, 0.1) is 6.54 Å². The van der Waals surface area contributed by atoms with E-state index in [0.29, 0.717) is 18.4 Å². The molecule has 0 radical (unpaired) electrons. The van der Waals surface area contributed by atoms with E-state index in [1.54, 1.807) is 4.90 Å². The topological polar surface area (TPSA) is 78.9 Å². The second-order valence-corrected chi connectivity index (χ2v) is 5.08. The molecule has 0 heterocycles. The predicted molar refractivity (Wildman–Crippen MR) is 64.6 cm³/mol. The van der Waals surface area contributed by atoms with E-state index >= 15 is 0 Å². The molecule has 2 aliphatic rings. The highest BCUT2D eigenvalue weighted by atomic mass is 16.4. The fraction of sp³-hybridized carbons (Fsp3) is 0.833. The van der Waals surface area contributed by atoms with Crippen molar-refractivity contribution in [1.82, 2.24) is 4.90 Å². The van der Waals surface area contributed by atoms with Crippen LogP contribution < -0.4 is 5.73 Å². The Morgan fingerprint density at radius 1 is 1.41 bits per heavy atom. The van der Waals surface area contributed by atoms with E-state index in [0.717, 1.165) is 0 Å². The number of nitrogens with zero attached hydrogens (tertiary/aromatic N) is 2. The summed E-state index contributed by atoms with van der Waals surface area (Å²) in [4.78, 5) is 14.0. The van der Waals surface area contributed by atoms with Gasteiger partial charge in [0.25, 0.3) is 0 Å². The zero-order valence-electron chi connectivity index (χ0n) is 10.3. The zero-order chi connectivity index (χ0) is 12.4. The average molecular weight is 239 g/mol. The number of fused-ring (bicyclic) bond motifs is 1. The molecule has 2 unspecified atom stereocenters. The first-order chi connectivity index (χ1) is 8.19. The van der Waals surface area contributed by atoms with Gasteiger partial charge in [-0.25, -0.2) is 0 Å². The number of hydrogen-bond donors (Lipinski definition) is 2. The van der Waals surface area contributed by atoms with Crippen molar-refractivity contribution < 1.29 is 10.0 Å². The van der Waals surface area contributed by atoms with Gasteiger partial charge in [0.15, 0.2) is 5.84 Å². The van der Waals surface area contributed by atoms with Crippen LogP contribution in [0.25, 0.3) is 0 Å². The lowest BCUT2D eigenvalue weighted by molar-refractivity contribution is -0.132. The standard InChI is InChI=1S/C12H21N3O2/c1-2-15(7-10(13)14-17)12(16)11-8-5-3-4-6-9(8)11/h8-9,11,17H,2-7H2,1H3,(H2,13,14). The van der Waals surface area contributed by atoms with Crippen LogP contribution in [0, 0.1) is 17.8 Å². The molecule has 0 spiro atoms. The van der Waals surface area contributed by atoms with Crippen molar-refractivity contribution in [3.63, 3.8) is 0 Å². The van der Waals surface area contributed by atoms with Crippen molar-refractivity contribution in [2.75, 3.05) is 13.1 Å². The number of amides is 1. The third kappa shape index (κ3) is 2.37. The Labute approximate surface area is 102 Å². The molecule has 0 aromatic rings. The highest BCUT2D eigenvalue weighted by Crippen LogP contribution is 2.56. The predicted octanol–water partition coefficient (Wildman–Crippen LogP) is 1.02. The zero-order valence-corrected chi connectivity index (χ0v) is 10.3. The summed E-state index contributed by atoms with van der Waals surface area (Å²) in [5, 5.41) is 11.5. The summed E-state index contributed by atoms with van der Waals surface area (Å²) in [6.45, 7) is 2.78. The van der Waals surface area contributed by atoms with E-state index in [2.05, 4.69) is 5.16 Å². The van der Waals surface area contributed by atoms with Crippen LogP contribution in [0.5, 0.6) is 0 Å². The molecule has 2 aliphatic carbocycles. The first-order valence-electron chi connectivity index (χ1n) is 6.44. The molecule has 0 saturated heterocycles. The molecular weight excluding hydrogens is 218 g/mol. The molecule has 1 amide bonds. The lowest BCUT2D eigenvalue weighted by Crippen LogP contribution is -2.39. The summed E-state index contributed by atoms with van der Waals surface area (Å²) in [5.41, 5.74) is 5.46. The first kappa shape index (κ1) is 12.2. The molecule has 0 aromatic carbocycles. The Morgan fingerprint density at radius 2 is 2.00 bits per heavy atom. The summed E-state index contributed by atoms with van der Waals surface area (Å²) in [7, 11) is 0. The SMILES string of the molecule is CCN(CC(N)=NO)C(=O)C1C2CCCCC21. The minimum absolute atomic E-state index is 0.101. The molecule has 96 valence electrons. The van der Waals surface area contributed by atoms with E-state index < -0.39 is 0 Å². The summed E-state index contributed by atoms with van der Waals surface area (Å²) in [6, 6.07) is 0. The number of amidine groups is 1. The maximum Gasteiger partial charge on any atom is 0.226 e. The molecule has 5 nitrogen and oxygen atoms in total. The Balaban J connectivity index is 1.94. The third-order valence-corrected chi connectivity index (χ3v) is 4.12. The molecule has 0 bridgehead atoms. The number of carbonyl (C=O) groups is 1. The van der Waals surface area contributed by atoms with Crippen LogP contribution in [-0.4, -0.2) is 34.9 Å². The van der Waals surface area contributed by atoms with Gasteiger partial charge in [-0.1, -0.05) is 18.0 Å². The minimum Gasteiger partial charge on any atom is -0.409 e. The first-order valence-corrected chi connectivity index (χ1v) is 6.44. The lowest BCUT2D eigenvalue weighted by atomic mass is 10.0. The van der Waals surface area contributed by atoms with Crippen LogP contribution in [-0.2, 0) is 4.79 Å². The maximum atomic E-state index is 12.3. The van der Waals surface area contributed by atoms with Gasteiger partial charge in [0, 0.05) is 12.5 Å². The van der Waals surface area contributed by atoms with Gasteiger partial charge in [-0.15, -0.1) is 0 Å². The van der Waals surface area contributed by atoms with E-state index in [1.807, 2.05) is 6.92 Å². The molecule has 0 aliphatic heterocycles. The van der Waals surface area contributed by atoms with Crippen LogP contribution in [0.2, 0.25) is 0 Å². The van der Waals surface area contributed by atoms with E-state index in [1.165, 1.54) is 25.7 Å². The molecule has 2 atom stereocenters. The molecule has 5 heteroatoms. The highest BCUT2D eigenvalue weighted by molar-refractivity contribution is 5.89. The second-order valence-electron chi connectivity index (χ2n) is 5.08. The van der Waals surface area contributed by atoms with Crippen LogP contribution in [0.15, 0.2) is 5.16 Å². The fourth-order valence-electron chi connectivity index (χ4n) is 3.14. The largest absolute Gasteiger partial charge is 0.409 e. The van der Waals surface area contributed by atoms with Crippen molar-refractivity contribution in [3.05, 3.63) is 0 Å². The normalized spacial score (nSPS) is 31.8. The van der Waals surface area contributed by atoms with Crippen molar-refractivity contribution in [3.8, 4) is 0 Å². The minimum atomic E-state index is 0.101. The quantitative estimate of drug-likeness (QED) is 0.333. The highest BCUT2D eigenvalue weighted by Gasteiger charge is 2.55. The number of rotatable bonds is 4. The third-order valence-electron chi connectivity index (χ3n) is 4.12. The smallest absolute Gasteiger partial charge is 0.226 e. The lowest BCUT2D eigenvalue weighted by Gasteiger charge is -2.20. The number of hydrogen-bond acceptors (Lipinski definition) is 3. The van der Waals surface area contributed by atoms with Crippen LogP contribution in [0.4, 0.5) is 0 Å². The van der Waals surface area contributed by atoms with Gasteiger partial charge in [-0.3, -0.25) is 4.79 Å². The van der Waals surface area contributed by atoms with E-state index in [9.17, 15) is 4.79 Å². The van der Waals surface area contributed by atoms with Crippen LogP contribution in [0.1, 0.15) is 32.6 Å². The van der Waals surface area contributed by atoms with E-state index in [-0.39, 0.29) is 24.2 Å². The number of oxime groups is 1. The maximum absolute atomic E-state index is 12.3. The van der Waals surface area contributed by atoms with Gasteiger partial charge in [-0.05, 0) is 31.6 Å². The van der Waals surface area contributed by atoms with Gasteiger partial charge in [0.2, 0.25) is 5.91 Å². The van der Waals surface area contributed by atoms with Crippen molar-refractivity contribution in [1.29, 1.82) is 0 Å². The average Bonchev–Trinajstić information content (AvgIpc) is 3.09. The van der Waals surface area contributed by atoms with Crippen molar-refractivity contribution in [2.45, 2.75) is 32.6 Å².